The van der Waals surface area contributed by atoms with Crippen LogP contribution in [0.5, 0.6) is 0 Å². The van der Waals surface area contributed by atoms with Gasteiger partial charge in [-0.15, -0.1) is 0 Å². The van der Waals surface area contributed by atoms with Crippen molar-refractivity contribution in [2.24, 2.45) is 0 Å². The SMILES string of the molecule is CCOC(=O)C1(c2nc3c(C)cc(Br)cc3[nH]2)CCCC1. The zero-order valence-corrected chi connectivity index (χ0v) is 13.9. The molecule has 0 saturated heterocycles. The van der Waals surface area contributed by atoms with Crippen molar-refractivity contribution in [2.75, 3.05) is 6.61 Å². The highest BCUT2D eigenvalue weighted by atomic mass is 79.9. The van der Waals surface area contributed by atoms with Crippen molar-refractivity contribution in [3.05, 3.63) is 28.0 Å². The Balaban J connectivity index is 2.12. The Morgan fingerprint density at radius 3 is 2.81 bits per heavy atom. The molecule has 1 N–H and O–H groups in total. The summed E-state index contributed by atoms with van der Waals surface area (Å²) in [5.74, 6) is 0.618. The largest absolute Gasteiger partial charge is 0.465 e. The molecule has 0 spiro atoms. The van der Waals surface area contributed by atoms with E-state index >= 15 is 0 Å². The molecule has 0 atom stereocenters. The van der Waals surface area contributed by atoms with E-state index in [-0.39, 0.29) is 5.97 Å². The molecule has 5 heteroatoms. The number of H-pyrrole nitrogens is 1. The predicted octanol–water partition coefficient (Wildman–Crippen LogP) is 4.01. The molecule has 1 heterocycles. The number of rotatable bonds is 3. The molecule has 1 aliphatic rings. The first-order chi connectivity index (χ1) is 10.1. The number of benzene rings is 1. The first-order valence-corrected chi connectivity index (χ1v) is 8.20. The maximum Gasteiger partial charge on any atom is 0.319 e. The van der Waals surface area contributed by atoms with Gasteiger partial charge in [-0.25, -0.2) is 4.98 Å². The minimum atomic E-state index is -0.589. The molecular formula is C16H19BrN2O2. The van der Waals surface area contributed by atoms with Gasteiger partial charge in [-0.3, -0.25) is 4.79 Å². The third-order valence-electron chi connectivity index (χ3n) is 4.32. The Kier molecular flexibility index (Phi) is 3.78. The van der Waals surface area contributed by atoms with Gasteiger partial charge < -0.3 is 9.72 Å². The van der Waals surface area contributed by atoms with E-state index in [2.05, 4.69) is 20.9 Å². The lowest BCUT2D eigenvalue weighted by Gasteiger charge is -2.23. The molecule has 1 aromatic carbocycles. The molecule has 0 aliphatic heterocycles. The smallest absolute Gasteiger partial charge is 0.319 e. The van der Waals surface area contributed by atoms with E-state index in [4.69, 9.17) is 9.72 Å². The number of fused-ring (bicyclic) bond motifs is 1. The van der Waals surface area contributed by atoms with Gasteiger partial charge in [-0.2, -0.15) is 0 Å². The predicted molar refractivity (Wildman–Crippen MR) is 85.3 cm³/mol. The Morgan fingerprint density at radius 2 is 2.14 bits per heavy atom. The van der Waals surface area contributed by atoms with Gasteiger partial charge in [0.1, 0.15) is 11.2 Å². The monoisotopic (exact) mass is 350 g/mol. The number of aromatic amines is 1. The number of aromatic nitrogens is 2. The van der Waals surface area contributed by atoms with Crippen LogP contribution in [0.25, 0.3) is 11.0 Å². The normalized spacial score (nSPS) is 17.3. The number of carbonyl (C=O) groups excluding carboxylic acids is 1. The molecule has 2 aromatic rings. The van der Waals surface area contributed by atoms with Crippen LogP contribution in [0.15, 0.2) is 16.6 Å². The Morgan fingerprint density at radius 1 is 1.43 bits per heavy atom. The van der Waals surface area contributed by atoms with Gasteiger partial charge in [-0.1, -0.05) is 28.8 Å². The van der Waals surface area contributed by atoms with E-state index in [1.54, 1.807) is 0 Å². The zero-order valence-electron chi connectivity index (χ0n) is 12.3. The summed E-state index contributed by atoms with van der Waals surface area (Å²) in [5, 5.41) is 0. The maximum atomic E-state index is 12.5. The molecule has 112 valence electrons. The third kappa shape index (κ3) is 2.37. The molecule has 1 fully saturated rings. The van der Waals surface area contributed by atoms with E-state index in [9.17, 15) is 4.79 Å². The number of nitrogens with one attached hydrogen (secondary N) is 1. The van der Waals surface area contributed by atoms with E-state index in [0.29, 0.717) is 6.61 Å². The summed E-state index contributed by atoms with van der Waals surface area (Å²) < 4.78 is 6.34. The van der Waals surface area contributed by atoms with Crippen molar-refractivity contribution in [2.45, 2.75) is 44.9 Å². The number of hydrogen-bond acceptors (Lipinski definition) is 3. The topological polar surface area (TPSA) is 55.0 Å². The van der Waals surface area contributed by atoms with Crippen LogP contribution in [-0.4, -0.2) is 22.5 Å². The van der Waals surface area contributed by atoms with Crippen molar-refractivity contribution < 1.29 is 9.53 Å². The van der Waals surface area contributed by atoms with Crippen LogP contribution in [0.4, 0.5) is 0 Å². The number of carbonyl (C=O) groups is 1. The van der Waals surface area contributed by atoms with E-state index in [1.165, 1.54) is 0 Å². The van der Waals surface area contributed by atoms with Crippen LogP contribution in [0.3, 0.4) is 0 Å². The average molecular weight is 351 g/mol. The molecule has 1 aromatic heterocycles. The number of esters is 1. The standard InChI is InChI=1S/C16H19BrN2O2/c1-3-21-15(20)16(6-4-5-7-16)14-18-12-9-11(17)8-10(2)13(12)19-14/h8-9H,3-7H2,1-2H3,(H,18,19). The van der Waals surface area contributed by atoms with Gasteiger partial charge in [0.2, 0.25) is 0 Å². The minimum Gasteiger partial charge on any atom is -0.465 e. The first kappa shape index (κ1) is 14.6. The third-order valence-corrected chi connectivity index (χ3v) is 4.78. The lowest BCUT2D eigenvalue weighted by molar-refractivity contribution is -0.150. The number of imidazole rings is 1. The molecule has 3 rings (SSSR count). The van der Waals surface area contributed by atoms with Gasteiger partial charge >= 0.3 is 5.97 Å². The van der Waals surface area contributed by atoms with Crippen molar-refractivity contribution in [3.63, 3.8) is 0 Å². The van der Waals surface area contributed by atoms with Gasteiger partial charge in [0.15, 0.2) is 0 Å². The number of aryl methyl sites for hydroxylation is 1. The summed E-state index contributed by atoms with van der Waals surface area (Å²) in [4.78, 5) is 20.6. The summed E-state index contributed by atoms with van der Waals surface area (Å²) in [6, 6.07) is 4.05. The van der Waals surface area contributed by atoms with Crippen LogP contribution in [0.1, 0.15) is 44.0 Å². The van der Waals surface area contributed by atoms with Crippen molar-refractivity contribution in [1.82, 2.24) is 9.97 Å². The summed E-state index contributed by atoms with van der Waals surface area (Å²) in [6.07, 6.45) is 3.70. The molecule has 0 radical (unpaired) electrons. The highest BCUT2D eigenvalue weighted by molar-refractivity contribution is 9.10. The van der Waals surface area contributed by atoms with E-state index in [1.807, 2.05) is 26.0 Å². The summed E-state index contributed by atoms with van der Waals surface area (Å²) in [6.45, 7) is 4.29. The van der Waals surface area contributed by atoms with Crippen LogP contribution < -0.4 is 0 Å². The molecule has 4 nitrogen and oxygen atoms in total. The second-order valence-corrected chi connectivity index (χ2v) is 6.63. The van der Waals surface area contributed by atoms with Crippen molar-refractivity contribution >= 4 is 32.9 Å². The Labute approximate surface area is 132 Å². The molecule has 0 unspecified atom stereocenters. The fraction of sp³-hybridized carbons (Fsp3) is 0.500. The van der Waals surface area contributed by atoms with Crippen LogP contribution in [0.2, 0.25) is 0 Å². The number of hydrogen-bond donors (Lipinski definition) is 1. The number of halogens is 1. The Bertz CT molecular complexity index is 687. The second kappa shape index (κ2) is 5.44. The second-order valence-electron chi connectivity index (χ2n) is 5.71. The maximum absolute atomic E-state index is 12.5. The minimum absolute atomic E-state index is 0.140. The first-order valence-electron chi connectivity index (χ1n) is 7.40. The molecule has 1 saturated carbocycles. The van der Waals surface area contributed by atoms with Crippen molar-refractivity contribution in [3.8, 4) is 0 Å². The average Bonchev–Trinajstić information content (AvgIpc) is 3.05. The molecule has 21 heavy (non-hydrogen) atoms. The molecular weight excluding hydrogens is 332 g/mol. The fourth-order valence-electron chi connectivity index (χ4n) is 3.26. The highest BCUT2D eigenvalue weighted by Gasteiger charge is 2.46. The lowest BCUT2D eigenvalue weighted by atomic mass is 9.85. The summed E-state index contributed by atoms with van der Waals surface area (Å²) in [5.41, 5.74) is 2.41. The van der Waals surface area contributed by atoms with Gasteiger partial charge in [0.25, 0.3) is 0 Å². The highest BCUT2D eigenvalue weighted by Crippen LogP contribution is 2.41. The van der Waals surface area contributed by atoms with Gasteiger partial charge in [0.05, 0.1) is 17.6 Å². The van der Waals surface area contributed by atoms with Crippen LogP contribution >= 0.6 is 15.9 Å². The van der Waals surface area contributed by atoms with E-state index in [0.717, 1.165) is 52.6 Å². The lowest BCUT2D eigenvalue weighted by Crippen LogP contribution is -2.35. The van der Waals surface area contributed by atoms with Crippen LogP contribution in [0, 0.1) is 6.92 Å². The number of nitrogens with zero attached hydrogens (tertiary/aromatic N) is 1. The van der Waals surface area contributed by atoms with Gasteiger partial charge in [0, 0.05) is 4.47 Å². The molecule has 0 bridgehead atoms. The molecule has 0 amide bonds. The Hall–Kier alpha value is -1.36. The zero-order chi connectivity index (χ0) is 15.0. The molecule has 1 aliphatic carbocycles. The fourth-order valence-corrected chi connectivity index (χ4v) is 3.83. The quantitative estimate of drug-likeness (QED) is 0.850. The van der Waals surface area contributed by atoms with Crippen LogP contribution in [-0.2, 0) is 14.9 Å². The summed E-state index contributed by atoms with van der Waals surface area (Å²) in [7, 11) is 0. The summed E-state index contributed by atoms with van der Waals surface area (Å²) >= 11 is 3.50. The van der Waals surface area contributed by atoms with Crippen molar-refractivity contribution in [1.29, 1.82) is 0 Å². The number of ether oxygens (including phenoxy) is 1. The van der Waals surface area contributed by atoms with E-state index < -0.39 is 5.41 Å². The van der Waals surface area contributed by atoms with Gasteiger partial charge in [-0.05, 0) is 44.4 Å².